The lowest BCUT2D eigenvalue weighted by Gasteiger charge is -2.21. The maximum atomic E-state index is 12.3. The average molecular weight is 272 g/mol. The number of aromatic nitrogens is 2. The Bertz CT molecular complexity index is 588. The number of benzene rings is 1. The number of carbonyl (C=O) groups excluding carboxylic acids is 1. The highest BCUT2D eigenvalue weighted by Crippen LogP contribution is 2.13. The molecule has 0 bridgehead atoms. The van der Waals surface area contributed by atoms with Crippen LogP contribution in [0.1, 0.15) is 22.7 Å². The van der Waals surface area contributed by atoms with Gasteiger partial charge in [-0.1, -0.05) is 29.8 Å². The van der Waals surface area contributed by atoms with Crippen LogP contribution < -0.4 is 5.73 Å². The third-order valence-corrected chi connectivity index (χ3v) is 3.27. The van der Waals surface area contributed by atoms with Gasteiger partial charge in [0.25, 0.3) is 0 Å². The summed E-state index contributed by atoms with van der Waals surface area (Å²) in [6.45, 7) is 2.59. The van der Waals surface area contributed by atoms with Crippen molar-refractivity contribution in [3.63, 3.8) is 0 Å². The molecule has 0 saturated carbocycles. The molecular weight excluding hydrogens is 252 g/mol. The maximum Gasteiger partial charge on any atom is 0.244 e. The van der Waals surface area contributed by atoms with Gasteiger partial charge >= 0.3 is 0 Å². The van der Waals surface area contributed by atoms with Crippen LogP contribution in [0.4, 0.5) is 0 Å². The summed E-state index contributed by atoms with van der Waals surface area (Å²) in [4.78, 5) is 13.9. The number of hydrogen-bond donors (Lipinski definition) is 1. The molecular formula is C15H20N4O. The molecule has 0 aliphatic rings. The van der Waals surface area contributed by atoms with Gasteiger partial charge in [-0.3, -0.25) is 9.48 Å². The van der Waals surface area contributed by atoms with Gasteiger partial charge in [-0.05, 0) is 12.5 Å². The van der Waals surface area contributed by atoms with Crippen molar-refractivity contribution in [3.8, 4) is 0 Å². The summed E-state index contributed by atoms with van der Waals surface area (Å²) < 4.78 is 1.64. The minimum atomic E-state index is -0.667. The van der Waals surface area contributed by atoms with Crippen molar-refractivity contribution in [2.75, 3.05) is 7.05 Å². The SMILES string of the molecule is Cc1ccc(CN(C)C(=O)C(N)c2cnn(C)c2)cc1. The number of hydrogen-bond acceptors (Lipinski definition) is 3. The molecule has 1 heterocycles. The second kappa shape index (κ2) is 5.88. The summed E-state index contributed by atoms with van der Waals surface area (Å²) in [7, 11) is 3.56. The fourth-order valence-electron chi connectivity index (χ4n) is 2.03. The second-order valence-corrected chi connectivity index (χ2v) is 5.10. The molecule has 1 aromatic carbocycles. The third-order valence-electron chi connectivity index (χ3n) is 3.27. The molecule has 1 aromatic heterocycles. The number of nitrogens with two attached hydrogens (primary N) is 1. The van der Waals surface area contributed by atoms with Crippen LogP contribution in [0.5, 0.6) is 0 Å². The Balaban J connectivity index is 2.03. The molecule has 5 nitrogen and oxygen atoms in total. The van der Waals surface area contributed by atoms with E-state index < -0.39 is 6.04 Å². The van der Waals surface area contributed by atoms with Gasteiger partial charge in [-0.2, -0.15) is 5.10 Å². The Morgan fingerprint density at radius 1 is 1.40 bits per heavy atom. The van der Waals surface area contributed by atoms with Crippen LogP contribution in [0.15, 0.2) is 36.7 Å². The van der Waals surface area contributed by atoms with E-state index in [9.17, 15) is 4.79 Å². The van der Waals surface area contributed by atoms with Crippen molar-refractivity contribution in [3.05, 3.63) is 53.3 Å². The highest BCUT2D eigenvalue weighted by atomic mass is 16.2. The zero-order valence-electron chi connectivity index (χ0n) is 12.1. The number of aryl methyl sites for hydroxylation is 2. The standard InChI is InChI=1S/C15H20N4O/c1-11-4-6-12(7-5-11)9-18(2)15(20)14(16)13-8-17-19(3)10-13/h4-8,10,14H,9,16H2,1-3H3. The minimum Gasteiger partial charge on any atom is -0.340 e. The van der Waals surface area contributed by atoms with E-state index in [-0.39, 0.29) is 5.91 Å². The zero-order valence-corrected chi connectivity index (χ0v) is 12.1. The van der Waals surface area contributed by atoms with Gasteiger partial charge < -0.3 is 10.6 Å². The number of nitrogens with zero attached hydrogens (tertiary/aromatic N) is 3. The van der Waals surface area contributed by atoms with Gasteiger partial charge in [0.2, 0.25) is 5.91 Å². The highest BCUT2D eigenvalue weighted by Gasteiger charge is 2.21. The predicted molar refractivity (Wildman–Crippen MR) is 77.8 cm³/mol. The maximum absolute atomic E-state index is 12.3. The summed E-state index contributed by atoms with van der Waals surface area (Å²) in [5.41, 5.74) is 9.01. The molecule has 20 heavy (non-hydrogen) atoms. The van der Waals surface area contributed by atoms with E-state index in [1.54, 1.807) is 36.1 Å². The summed E-state index contributed by atoms with van der Waals surface area (Å²) in [6, 6.07) is 7.45. The molecule has 106 valence electrons. The van der Waals surface area contributed by atoms with Crippen LogP contribution in [0.25, 0.3) is 0 Å². The van der Waals surface area contributed by atoms with E-state index in [4.69, 9.17) is 5.73 Å². The lowest BCUT2D eigenvalue weighted by atomic mass is 10.1. The molecule has 0 saturated heterocycles. The number of rotatable bonds is 4. The molecule has 0 spiro atoms. The van der Waals surface area contributed by atoms with Crippen LogP contribution in [0, 0.1) is 6.92 Å². The largest absolute Gasteiger partial charge is 0.340 e. The lowest BCUT2D eigenvalue weighted by Crippen LogP contribution is -2.35. The molecule has 1 unspecified atom stereocenters. The molecule has 5 heteroatoms. The highest BCUT2D eigenvalue weighted by molar-refractivity contribution is 5.82. The van der Waals surface area contributed by atoms with Crippen LogP contribution in [-0.2, 0) is 18.4 Å². The van der Waals surface area contributed by atoms with E-state index in [1.807, 2.05) is 31.2 Å². The summed E-state index contributed by atoms with van der Waals surface area (Å²) in [5.74, 6) is -0.112. The smallest absolute Gasteiger partial charge is 0.244 e. The Morgan fingerprint density at radius 3 is 2.60 bits per heavy atom. The summed E-state index contributed by atoms with van der Waals surface area (Å²) in [6.07, 6.45) is 3.39. The van der Waals surface area contributed by atoms with E-state index >= 15 is 0 Å². The first-order chi connectivity index (χ1) is 9.47. The number of carbonyl (C=O) groups is 1. The molecule has 2 N–H and O–H groups in total. The normalized spacial score (nSPS) is 12.2. The molecule has 1 atom stereocenters. The van der Waals surface area contributed by atoms with Gasteiger partial charge in [0.1, 0.15) is 6.04 Å². The second-order valence-electron chi connectivity index (χ2n) is 5.10. The van der Waals surface area contributed by atoms with Crippen molar-refractivity contribution in [1.82, 2.24) is 14.7 Å². The quantitative estimate of drug-likeness (QED) is 0.914. The Labute approximate surface area is 119 Å². The van der Waals surface area contributed by atoms with Crippen LogP contribution in [0.3, 0.4) is 0 Å². The topological polar surface area (TPSA) is 64.2 Å². The third kappa shape index (κ3) is 3.24. The van der Waals surface area contributed by atoms with Gasteiger partial charge in [0.05, 0.1) is 6.20 Å². The van der Waals surface area contributed by atoms with Gasteiger partial charge in [-0.15, -0.1) is 0 Å². The Hall–Kier alpha value is -2.14. The van der Waals surface area contributed by atoms with Crippen LogP contribution in [0.2, 0.25) is 0 Å². The van der Waals surface area contributed by atoms with Crippen molar-refractivity contribution in [2.24, 2.45) is 12.8 Å². The number of amides is 1. The van der Waals surface area contributed by atoms with Crippen LogP contribution in [-0.4, -0.2) is 27.6 Å². The molecule has 2 aromatic rings. The van der Waals surface area contributed by atoms with Crippen molar-refractivity contribution >= 4 is 5.91 Å². The molecule has 2 rings (SSSR count). The molecule has 0 aliphatic heterocycles. The van der Waals surface area contributed by atoms with Crippen molar-refractivity contribution in [2.45, 2.75) is 19.5 Å². The fraction of sp³-hybridized carbons (Fsp3) is 0.333. The van der Waals surface area contributed by atoms with Crippen molar-refractivity contribution < 1.29 is 4.79 Å². The minimum absolute atomic E-state index is 0.112. The van der Waals surface area contributed by atoms with E-state index in [0.717, 1.165) is 11.1 Å². The van der Waals surface area contributed by atoms with E-state index in [2.05, 4.69) is 5.10 Å². The fourth-order valence-corrected chi connectivity index (χ4v) is 2.03. The zero-order chi connectivity index (χ0) is 14.7. The first kappa shape index (κ1) is 14.3. The number of likely N-dealkylation sites (N-methyl/N-ethyl adjacent to an activating group) is 1. The Morgan fingerprint density at radius 2 is 2.05 bits per heavy atom. The van der Waals surface area contributed by atoms with Crippen molar-refractivity contribution in [1.29, 1.82) is 0 Å². The average Bonchev–Trinajstić information content (AvgIpc) is 2.86. The predicted octanol–water partition coefficient (Wildman–Crippen LogP) is 1.39. The van der Waals surface area contributed by atoms with E-state index in [0.29, 0.717) is 6.54 Å². The summed E-state index contributed by atoms with van der Waals surface area (Å²) in [5, 5.41) is 4.04. The first-order valence-electron chi connectivity index (χ1n) is 6.52. The molecule has 0 aliphatic carbocycles. The summed E-state index contributed by atoms with van der Waals surface area (Å²) >= 11 is 0. The van der Waals surface area contributed by atoms with Gasteiger partial charge in [-0.25, -0.2) is 0 Å². The van der Waals surface area contributed by atoms with Gasteiger partial charge in [0.15, 0.2) is 0 Å². The van der Waals surface area contributed by atoms with E-state index in [1.165, 1.54) is 5.56 Å². The lowest BCUT2D eigenvalue weighted by molar-refractivity contribution is -0.131. The molecule has 0 radical (unpaired) electrons. The molecule has 0 fully saturated rings. The monoisotopic (exact) mass is 272 g/mol. The molecule has 1 amide bonds. The van der Waals surface area contributed by atoms with Gasteiger partial charge in [0, 0.05) is 32.4 Å². The Kier molecular flexibility index (Phi) is 4.20. The first-order valence-corrected chi connectivity index (χ1v) is 6.52. The van der Waals surface area contributed by atoms with Crippen LogP contribution >= 0.6 is 0 Å².